The van der Waals surface area contributed by atoms with E-state index in [0.29, 0.717) is 16.9 Å². The van der Waals surface area contributed by atoms with E-state index in [1.165, 1.54) is 31.2 Å². The van der Waals surface area contributed by atoms with Gasteiger partial charge in [-0.1, -0.05) is 60.7 Å². The number of hydrazine groups is 1. The van der Waals surface area contributed by atoms with Crippen molar-refractivity contribution in [3.8, 4) is 0 Å². The third-order valence-electron chi connectivity index (χ3n) is 5.16. The lowest BCUT2D eigenvalue weighted by Crippen LogP contribution is -2.58. The molecular weight excluding hydrogens is 454 g/mol. The van der Waals surface area contributed by atoms with Gasteiger partial charge in [0.05, 0.1) is 4.92 Å². The lowest BCUT2D eigenvalue weighted by Gasteiger charge is -2.35. The summed E-state index contributed by atoms with van der Waals surface area (Å²) in [7, 11) is 0. The number of nitrogens with zero attached hydrogens (tertiary/aromatic N) is 2. The number of rotatable bonds is 8. The first-order valence-corrected chi connectivity index (χ1v) is 10.5. The van der Waals surface area contributed by atoms with Gasteiger partial charge in [0, 0.05) is 12.1 Å². The summed E-state index contributed by atoms with van der Waals surface area (Å²) in [5, 5.41) is 11.7. The Balaban J connectivity index is 1.84. The zero-order valence-electron chi connectivity index (χ0n) is 18.8. The van der Waals surface area contributed by atoms with Crippen molar-refractivity contribution in [2.24, 2.45) is 0 Å². The largest absolute Gasteiger partial charge is 0.443 e. The molecule has 0 heterocycles. The van der Waals surface area contributed by atoms with E-state index in [1.54, 1.807) is 54.6 Å². The van der Waals surface area contributed by atoms with Crippen LogP contribution >= 0.6 is 0 Å². The van der Waals surface area contributed by atoms with Crippen molar-refractivity contribution >= 4 is 24.2 Å². The molecule has 0 fully saturated rings. The number of aldehydes is 1. The molecule has 0 bridgehead atoms. The summed E-state index contributed by atoms with van der Waals surface area (Å²) in [5.74, 6) is 0. The Morgan fingerprint density at radius 2 is 1.43 bits per heavy atom. The Hall–Kier alpha value is -4.73. The molecule has 2 amide bonds. The van der Waals surface area contributed by atoms with Crippen LogP contribution in [0.3, 0.4) is 0 Å². The van der Waals surface area contributed by atoms with Crippen LogP contribution in [0.1, 0.15) is 23.6 Å². The summed E-state index contributed by atoms with van der Waals surface area (Å²) in [4.78, 5) is 48.3. The van der Waals surface area contributed by atoms with E-state index in [9.17, 15) is 24.5 Å². The molecule has 10 nitrogen and oxygen atoms in total. The maximum absolute atomic E-state index is 13.0. The summed E-state index contributed by atoms with van der Waals surface area (Å²) in [5.41, 5.74) is 1.93. The van der Waals surface area contributed by atoms with Crippen LogP contribution < -0.4 is 5.43 Å². The second kappa shape index (κ2) is 11.4. The van der Waals surface area contributed by atoms with Crippen molar-refractivity contribution in [3.63, 3.8) is 0 Å². The number of ether oxygens (including phenoxy) is 2. The van der Waals surface area contributed by atoms with Gasteiger partial charge >= 0.3 is 12.2 Å². The maximum Gasteiger partial charge on any atom is 0.430 e. The van der Waals surface area contributed by atoms with Gasteiger partial charge in [-0.2, -0.15) is 5.01 Å². The highest BCUT2D eigenvalue weighted by molar-refractivity contribution is 5.81. The Morgan fingerprint density at radius 3 is 1.91 bits per heavy atom. The highest BCUT2D eigenvalue weighted by Gasteiger charge is 2.40. The van der Waals surface area contributed by atoms with Crippen molar-refractivity contribution in [2.75, 3.05) is 0 Å². The molecular formula is C25H23N3O7. The Labute approximate surface area is 201 Å². The average molecular weight is 477 g/mol. The van der Waals surface area contributed by atoms with Gasteiger partial charge in [-0.15, -0.1) is 0 Å². The van der Waals surface area contributed by atoms with Crippen molar-refractivity contribution in [3.05, 3.63) is 112 Å². The quantitative estimate of drug-likeness (QED) is 0.288. The van der Waals surface area contributed by atoms with Gasteiger partial charge < -0.3 is 14.3 Å². The molecule has 0 aromatic heterocycles. The number of amides is 2. The molecule has 0 aliphatic heterocycles. The highest BCUT2D eigenvalue weighted by Crippen LogP contribution is 2.28. The molecule has 0 aliphatic rings. The topological polar surface area (TPSA) is 128 Å². The molecule has 0 spiro atoms. The van der Waals surface area contributed by atoms with Gasteiger partial charge in [-0.25, -0.2) is 15.0 Å². The third-order valence-corrected chi connectivity index (χ3v) is 5.16. The minimum Gasteiger partial charge on any atom is -0.443 e. The normalized spacial score (nSPS) is 12.0. The lowest BCUT2D eigenvalue weighted by molar-refractivity contribution is -0.384. The van der Waals surface area contributed by atoms with E-state index >= 15 is 0 Å². The van der Waals surface area contributed by atoms with Crippen LogP contribution in [0.5, 0.6) is 0 Å². The molecule has 3 aromatic carbocycles. The van der Waals surface area contributed by atoms with E-state index in [4.69, 9.17) is 9.47 Å². The second-order valence-electron chi connectivity index (χ2n) is 7.62. The van der Waals surface area contributed by atoms with Crippen LogP contribution in [0, 0.1) is 10.1 Å². The lowest BCUT2D eigenvalue weighted by atomic mass is 9.93. The summed E-state index contributed by atoms with van der Waals surface area (Å²) in [6.07, 6.45) is -1.60. The standard InChI is InChI=1S/C25H23N3O7/c1-25(18-29,21-12-14-22(15-13-21)28(32)33)27(24(31)35-17-20-10-6-3-7-11-20)26-23(30)34-16-19-8-4-2-5-9-19/h2-15,18H,16-17H2,1H3,(H,26,30). The van der Waals surface area contributed by atoms with E-state index in [0.717, 1.165) is 5.56 Å². The molecule has 1 N–H and O–H groups in total. The fourth-order valence-corrected chi connectivity index (χ4v) is 3.15. The Bertz CT molecular complexity index is 1170. The Morgan fingerprint density at radius 1 is 0.914 bits per heavy atom. The average Bonchev–Trinajstić information content (AvgIpc) is 2.90. The Kier molecular flexibility index (Phi) is 8.12. The monoisotopic (exact) mass is 477 g/mol. The van der Waals surface area contributed by atoms with Crippen LogP contribution in [0.2, 0.25) is 0 Å². The maximum atomic E-state index is 13.0. The molecule has 3 aromatic rings. The van der Waals surface area contributed by atoms with E-state index in [1.807, 2.05) is 6.07 Å². The molecule has 0 aliphatic carbocycles. The molecule has 1 unspecified atom stereocenters. The first-order valence-electron chi connectivity index (χ1n) is 10.5. The number of benzene rings is 3. The first-order chi connectivity index (χ1) is 16.8. The smallest absolute Gasteiger partial charge is 0.430 e. The fraction of sp³-hybridized carbons (Fsp3) is 0.160. The van der Waals surface area contributed by atoms with Crippen LogP contribution in [0.25, 0.3) is 0 Å². The number of non-ortho nitro benzene ring substituents is 1. The van der Waals surface area contributed by atoms with Gasteiger partial charge in [-0.05, 0) is 35.7 Å². The SMILES string of the molecule is CC(C=O)(c1ccc([N+](=O)[O-])cc1)N(NC(=O)OCc1ccccc1)C(=O)OCc1ccccc1. The van der Waals surface area contributed by atoms with E-state index in [-0.39, 0.29) is 24.5 Å². The predicted molar refractivity (Wildman–Crippen MR) is 125 cm³/mol. The second-order valence-corrected chi connectivity index (χ2v) is 7.62. The number of carbonyl (C=O) groups excluding carboxylic acids is 3. The molecule has 0 radical (unpaired) electrons. The number of hydrogen-bond donors (Lipinski definition) is 1. The van der Waals surface area contributed by atoms with Gasteiger partial charge in [0.15, 0.2) is 6.29 Å². The molecule has 10 heteroatoms. The number of nitro benzene ring substituents is 1. The van der Waals surface area contributed by atoms with E-state index < -0.39 is 22.6 Å². The molecule has 1 atom stereocenters. The van der Waals surface area contributed by atoms with Crippen molar-refractivity contribution in [2.45, 2.75) is 25.7 Å². The van der Waals surface area contributed by atoms with Crippen LogP contribution in [0.4, 0.5) is 15.3 Å². The molecule has 3 rings (SSSR count). The summed E-state index contributed by atoms with van der Waals surface area (Å²) in [6, 6.07) is 22.7. The van der Waals surface area contributed by atoms with Crippen LogP contribution in [-0.4, -0.2) is 28.4 Å². The molecule has 180 valence electrons. The number of hydrogen-bond acceptors (Lipinski definition) is 7. The summed E-state index contributed by atoms with van der Waals surface area (Å²) in [6.45, 7) is 1.17. The minimum absolute atomic E-state index is 0.0745. The first kappa shape index (κ1) is 24.9. The predicted octanol–water partition coefficient (Wildman–Crippen LogP) is 4.49. The van der Waals surface area contributed by atoms with E-state index in [2.05, 4.69) is 5.43 Å². The van der Waals surface area contributed by atoms with Gasteiger partial charge in [0.2, 0.25) is 0 Å². The van der Waals surface area contributed by atoms with Crippen molar-refractivity contribution < 1.29 is 28.8 Å². The van der Waals surface area contributed by atoms with Gasteiger partial charge in [0.25, 0.3) is 5.69 Å². The van der Waals surface area contributed by atoms with Crippen LogP contribution in [-0.2, 0) is 33.0 Å². The van der Waals surface area contributed by atoms with Gasteiger partial charge in [-0.3, -0.25) is 10.1 Å². The molecule has 35 heavy (non-hydrogen) atoms. The fourth-order valence-electron chi connectivity index (χ4n) is 3.15. The minimum atomic E-state index is -1.77. The number of carbonyl (C=O) groups is 3. The molecule has 0 saturated heterocycles. The molecule has 0 saturated carbocycles. The van der Waals surface area contributed by atoms with Gasteiger partial charge in [0.1, 0.15) is 18.8 Å². The number of nitrogens with one attached hydrogen (secondary N) is 1. The third kappa shape index (κ3) is 6.41. The van der Waals surface area contributed by atoms with Crippen molar-refractivity contribution in [1.29, 1.82) is 0 Å². The zero-order valence-corrected chi connectivity index (χ0v) is 18.8. The number of nitro groups is 1. The summed E-state index contributed by atoms with van der Waals surface area (Å²) >= 11 is 0. The van der Waals surface area contributed by atoms with Crippen LogP contribution in [0.15, 0.2) is 84.9 Å². The van der Waals surface area contributed by atoms with Crippen molar-refractivity contribution in [1.82, 2.24) is 10.4 Å². The zero-order chi connectivity index (χ0) is 25.3. The highest BCUT2D eigenvalue weighted by atomic mass is 16.6. The summed E-state index contributed by atoms with van der Waals surface area (Å²) < 4.78 is 10.5.